The average Bonchev–Trinajstić information content (AvgIpc) is 3.25. The van der Waals surface area contributed by atoms with Crippen molar-refractivity contribution in [3.05, 3.63) is 142 Å². The Kier molecular flexibility index (Phi) is 17.3. The van der Waals surface area contributed by atoms with Crippen molar-refractivity contribution >= 4 is 47.6 Å². The van der Waals surface area contributed by atoms with Crippen LogP contribution in [0.5, 0.6) is 11.5 Å². The van der Waals surface area contributed by atoms with Crippen LogP contribution in [0, 0.1) is 37.1 Å². The number of nitrogens with zero attached hydrogens (tertiary/aromatic N) is 4. The fourth-order valence-electron chi connectivity index (χ4n) is 7.02. The van der Waals surface area contributed by atoms with E-state index in [0.717, 1.165) is 41.5 Å². The fraction of sp³-hybridized carbons (Fsp3) is 0.191. The number of anilines is 2. The number of hydrogen-bond acceptors (Lipinski definition) is 15. The predicted molar refractivity (Wildman–Crippen MR) is 229 cm³/mol. The van der Waals surface area contributed by atoms with Gasteiger partial charge in [-0.25, -0.2) is 27.5 Å². The number of carbonyl (C=O) groups is 5. The standard InChI is InChI=1S/C23H17F2N3O5.C23H19F2N3O3.CO2.Li.H2O/c1-12-6-14-18(30)8-23(2,32-11-29)33-19(14)7-13(12)17-9-27-20(10-26-17)28-22(31)21-15(24)4-3-5-16(21)25;1-12-7-14-18(29)9-23(2,3)31-19(14)8-13(12)17-10-27-20(11-26-17)28-22(30)21-15(24)5-4-6-16(21)25;2-1-3;;/h3-7,9-11H,8H2,1-2H3,(H,27,28,31);4-8,10-11H,9H2,1-3H3,(H,27,28,30);;;1H2/q;;;+1;/p-1. The zero-order chi connectivity index (χ0) is 48.8. The number of ether oxygens (including phenoxy) is 3. The van der Waals surface area contributed by atoms with E-state index in [1.807, 2.05) is 20.8 Å². The number of aryl methyl sites for hydroxylation is 2. The number of amides is 2. The summed E-state index contributed by atoms with van der Waals surface area (Å²) < 4.78 is 71.8. The van der Waals surface area contributed by atoms with Gasteiger partial charge in [-0.15, -0.1) is 0 Å². The van der Waals surface area contributed by atoms with E-state index in [2.05, 4.69) is 30.6 Å². The van der Waals surface area contributed by atoms with Crippen LogP contribution in [0.4, 0.5) is 29.2 Å². The second-order valence-corrected chi connectivity index (χ2v) is 15.6. The molecule has 0 saturated carbocycles. The molecule has 0 fully saturated rings. The zero-order valence-electron chi connectivity index (χ0n) is 37.4. The Labute approximate surface area is 401 Å². The third-order valence-corrected chi connectivity index (χ3v) is 10.0. The van der Waals surface area contributed by atoms with Gasteiger partial charge in [0.05, 0.1) is 60.1 Å². The van der Waals surface area contributed by atoms with Crippen molar-refractivity contribution in [2.75, 3.05) is 10.6 Å². The maximum atomic E-state index is 13.8. The first-order valence-electron chi connectivity index (χ1n) is 19.8. The van der Waals surface area contributed by atoms with Crippen molar-refractivity contribution in [2.24, 2.45) is 0 Å². The molecular weight excluding hydrogens is 907 g/mol. The van der Waals surface area contributed by atoms with Crippen molar-refractivity contribution in [3.63, 3.8) is 0 Å². The van der Waals surface area contributed by atoms with E-state index in [0.29, 0.717) is 45.8 Å². The molecule has 0 bridgehead atoms. The van der Waals surface area contributed by atoms with Crippen molar-refractivity contribution < 1.29 is 89.7 Å². The number of benzene rings is 4. The molecule has 69 heavy (non-hydrogen) atoms. The number of aromatic nitrogens is 4. The molecule has 0 aliphatic carbocycles. The van der Waals surface area contributed by atoms with Crippen LogP contribution in [0.25, 0.3) is 22.5 Å². The van der Waals surface area contributed by atoms with Crippen LogP contribution >= 0.6 is 0 Å². The molecule has 17 nitrogen and oxygen atoms in total. The summed E-state index contributed by atoms with van der Waals surface area (Å²) in [6.45, 7) is 9.03. The first-order chi connectivity index (χ1) is 31.8. The second-order valence-electron chi connectivity index (χ2n) is 15.6. The second kappa shape index (κ2) is 22.2. The Morgan fingerprint density at radius 1 is 0.652 bits per heavy atom. The third kappa shape index (κ3) is 12.3. The van der Waals surface area contributed by atoms with Crippen LogP contribution in [0.15, 0.2) is 85.5 Å². The largest absolute Gasteiger partial charge is 1.00 e. The molecule has 6 aromatic rings. The molecule has 2 amide bonds. The number of hydrogen-bond donors (Lipinski definition) is 2. The number of fused-ring (bicyclic) bond motifs is 2. The smallest absolute Gasteiger partial charge is 0.870 e. The molecule has 22 heteroatoms. The molecular formula is C47H37F4LiN6O11. The molecule has 0 saturated heterocycles. The van der Waals surface area contributed by atoms with Crippen molar-refractivity contribution in [3.8, 4) is 34.0 Å². The van der Waals surface area contributed by atoms with Gasteiger partial charge in [0.1, 0.15) is 51.5 Å². The minimum atomic E-state index is -1.42. The van der Waals surface area contributed by atoms with Crippen molar-refractivity contribution in [2.45, 2.75) is 58.8 Å². The van der Waals surface area contributed by atoms with Gasteiger partial charge in [0.15, 0.2) is 23.2 Å². The van der Waals surface area contributed by atoms with E-state index in [1.54, 1.807) is 31.2 Å². The van der Waals surface area contributed by atoms with Crippen LogP contribution in [-0.4, -0.2) is 72.8 Å². The maximum absolute atomic E-state index is 13.8. The van der Waals surface area contributed by atoms with Gasteiger partial charge >= 0.3 is 25.0 Å². The fourth-order valence-corrected chi connectivity index (χ4v) is 7.02. The zero-order valence-corrected chi connectivity index (χ0v) is 37.4. The summed E-state index contributed by atoms with van der Waals surface area (Å²) in [5, 5.41) is 4.64. The van der Waals surface area contributed by atoms with Crippen LogP contribution in [0.3, 0.4) is 0 Å². The number of ketones is 2. The van der Waals surface area contributed by atoms with E-state index in [1.165, 1.54) is 37.8 Å². The molecule has 2 aliphatic heterocycles. The minimum Gasteiger partial charge on any atom is -0.870 e. The molecule has 2 aromatic heterocycles. The topological polar surface area (TPSA) is 253 Å². The van der Waals surface area contributed by atoms with Gasteiger partial charge < -0.3 is 30.3 Å². The van der Waals surface area contributed by atoms with Gasteiger partial charge in [0, 0.05) is 18.1 Å². The number of halogens is 4. The average molecular weight is 945 g/mol. The van der Waals surface area contributed by atoms with Gasteiger partial charge in [0.25, 0.3) is 24.1 Å². The molecule has 2 aliphatic rings. The number of rotatable bonds is 8. The van der Waals surface area contributed by atoms with Gasteiger partial charge in [-0.3, -0.25) is 33.9 Å². The maximum Gasteiger partial charge on any atom is 1.00 e. The quantitative estimate of drug-likeness (QED) is 0.118. The Hall–Kier alpha value is -7.95. The van der Waals surface area contributed by atoms with E-state index >= 15 is 0 Å². The monoisotopic (exact) mass is 944 g/mol. The van der Waals surface area contributed by atoms with Crippen LogP contribution in [0.1, 0.15) is 86.2 Å². The first kappa shape index (κ1) is 53.7. The van der Waals surface area contributed by atoms with E-state index < -0.39 is 57.6 Å². The SMILES string of the molecule is Cc1cc2c(cc1-c1cnc(NC(=O)c3c(F)cccc3F)cn1)OC(C)(C)CC2=O.Cc1cc2c(cc1-c1cnc(NC(=O)c3c(F)cccc3F)cn1)OC(C)(OC=O)CC2=O.O=C=O.[Li+].[OH-]. The van der Waals surface area contributed by atoms with E-state index in [4.69, 9.17) is 23.8 Å². The summed E-state index contributed by atoms with van der Waals surface area (Å²) in [7, 11) is 0. The molecule has 0 spiro atoms. The van der Waals surface area contributed by atoms with Gasteiger partial charge in [-0.2, -0.15) is 9.59 Å². The van der Waals surface area contributed by atoms with Gasteiger partial charge in [0.2, 0.25) is 0 Å². The first-order valence-corrected chi connectivity index (χ1v) is 19.8. The van der Waals surface area contributed by atoms with Crippen LogP contribution in [0.2, 0.25) is 0 Å². The summed E-state index contributed by atoms with van der Waals surface area (Å²) in [6, 6.07) is 13.0. The van der Waals surface area contributed by atoms with Gasteiger partial charge in [-0.1, -0.05) is 12.1 Å². The summed E-state index contributed by atoms with van der Waals surface area (Å²) in [6.07, 6.45) is 5.74. The summed E-state index contributed by atoms with van der Waals surface area (Å²) in [5.41, 5.74) is 2.59. The normalized spacial score (nSPS) is 14.8. The van der Waals surface area contributed by atoms with E-state index in [-0.39, 0.29) is 72.3 Å². The Morgan fingerprint density at radius 3 is 1.42 bits per heavy atom. The number of Topliss-reactive ketones (excluding diaryl/α,β-unsaturated/α-hetero) is 2. The third-order valence-electron chi connectivity index (χ3n) is 10.0. The molecule has 0 radical (unpaired) electrons. The van der Waals surface area contributed by atoms with Crippen molar-refractivity contribution in [1.82, 2.24) is 19.9 Å². The molecule has 4 aromatic carbocycles. The summed E-state index contributed by atoms with van der Waals surface area (Å²) >= 11 is 0. The molecule has 8 rings (SSSR count). The van der Waals surface area contributed by atoms with Crippen molar-refractivity contribution in [1.29, 1.82) is 0 Å². The predicted octanol–water partition coefficient (Wildman–Crippen LogP) is 4.81. The molecule has 3 N–H and O–H groups in total. The summed E-state index contributed by atoms with van der Waals surface area (Å²) in [5.74, 6) is -6.79. The Morgan fingerprint density at radius 2 is 1.04 bits per heavy atom. The van der Waals surface area contributed by atoms with E-state index in [9.17, 15) is 41.5 Å². The number of nitrogens with one attached hydrogen (secondary N) is 2. The Balaban J connectivity index is 0.000000277. The molecule has 1 unspecified atom stereocenters. The Bertz CT molecular complexity index is 2950. The minimum absolute atomic E-state index is 0. The molecule has 4 heterocycles. The van der Waals surface area contributed by atoms with Crippen LogP contribution < -0.4 is 39.0 Å². The number of carbonyl (C=O) groups excluding carboxylic acids is 7. The van der Waals surface area contributed by atoms with Gasteiger partial charge in [-0.05, 0) is 87.4 Å². The molecule has 350 valence electrons. The van der Waals surface area contributed by atoms with Crippen LogP contribution in [-0.2, 0) is 19.1 Å². The molecule has 1 atom stereocenters. The summed E-state index contributed by atoms with van der Waals surface area (Å²) in [4.78, 5) is 93.1.